The molecule has 1 aromatic rings. The van der Waals surface area contributed by atoms with E-state index in [0.29, 0.717) is 0 Å². The lowest BCUT2D eigenvalue weighted by molar-refractivity contribution is -0.387. The average Bonchev–Trinajstić information content (AvgIpc) is 2.53. The van der Waals surface area contributed by atoms with Crippen LogP contribution in [-0.2, 0) is 10.0 Å². The molecule has 1 saturated carbocycles. The molecule has 0 aromatic heterocycles. The standard InChI is InChI=1S/C15H21N3O4S/c1-15(2)13-10(6-5-9-16-13)14(15)17-23(21,22)12-8-4-3-7-11(12)18(19)20/h3-4,7-8,10,13-14,16-17H,5-6,9H2,1-2H3. The molecule has 1 aliphatic carbocycles. The Balaban J connectivity index is 1.89. The van der Waals surface area contributed by atoms with Crippen molar-refractivity contribution in [1.82, 2.24) is 10.0 Å². The lowest BCUT2D eigenvalue weighted by Gasteiger charge is -2.60. The molecule has 0 amide bonds. The maximum atomic E-state index is 12.7. The molecule has 3 rings (SSSR count). The van der Waals surface area contributed by atoms with Crippen LogP contribution >= 0.6 is 0 Å². The highest BCUT2D eigenvalue weighted by Crippen LogP contribution is 2.49. The first-order chi connectivity index (χ1) is 10.7. The van der Waals surface area contributed by atoms with Crippen LogP contribution in [0.1, 0.15) is 26.7 Å². The molecule has 126 valence electrons. The number of para-hydroxylation sites is 1. The van der Waals surface area contributed by atoms with Gasteiger partial charge in [0.25, 0.3) is 5.69 Å². The first-order valence-electron chi connectivity index (χ1n) is 7.74. The third-order valence-electron chi connectivity index (χ3n) is 5.17. The van der Waals surface area contributed by atoms with Crippen molar-refractivity contribution in [2.75, 3.05) is 6.54 Å². The van der Waals surface area contributed by atoms with Crippen molar-refractivity contribution >= 4 is 15.7 Å². The van der Waals surface area contributed by atoms with Crippen LogP contribution in [-0.4, -0.2) is 32.0 Å². The summed E-state index contributed by atoms with van der Waals surface area (Å²) in [7, 11) is -3.94. The second-order valence-corrected chi connectivity index (χ2v) is 8.57. The first-order valence-corrected chi connectivity index (χ1v) is 9.22. The van der Waals surface area contributed by atoms with Gasteiger partial charge in [0.2, 0.25) is 10.0 Å². The molecule has 1 heterocycles. The minimum Gasteiger partial charge on any atom is -0.313 e. The fourth-order valence-corrected chi connectivity index (χ4v) is 5.63. The highest BCUT2D eigenvalue weighted by atomic mass is 32.2. The summed E-state index contributed by atoms with van der Waals surface area (Å²) in [4.78, 5) is 10.2. The van der Waals surface area contributed by atoms with Crippen LogP contribution in [0.4, 0.5) is 5.69 Å². The van der Waals surface area contributed by atoms with Crippen LogP contribution in [0.2, 0.25) is 0 Å². The lowest BCUT2D eigenvalue weighted by Crippen LogP contribution is -2.73. The second-order valence-electron chi connectivity index (χ2n) is 6.88. The van der Waals surface area contributed by atoms with Gasteiger partial charge in [0.15, 0.2) is 4.90 Å². The van der Waals surface area contributed by atoms with Gasteiger partial charge in [-0.15, -0.1) is 0 Å². The Morgan fingerprint density at radius 2 is 2.04 bits per heavy atom. The Labute approximate surface area is 135 Å². The molecule has 0 spiro atoms. The minimum absolute atomic E-state index is 0.217. The Morgan fingerprint density at radius 3 is 2.74 bits per heavy atom. The molecule has 3 atom stereocenters. The van der Waals surface area contributed by atoms with Crippen LogP contribution in [0.25, 0.3) is 0 Å². The topological polar surface area (TPSA) is 101 Å². The minimum atomic E-state index is -3.94. The summed E-state index contributed by atoms with van der Waals surface area (Å²) < 4.78 is 28.1. The van der Waals surface area contributed by atoms with Crippen LogP contribution < -0.4 is 10.0 Å². The predicted octanol–water partition coefficient (Wildman–Crippen LogP) is 1.65. The number of nitro groups is 1. The smallest absolute Gasteiger partial charge is 0.289 e. The van der Waals surface area contributed by atoms with Gasteiger partial charge in [0.05, 0.1) is 4.92 Å². The number of benzene rings is 1. The number of hydrogen-bond acceptors (Lipinski definition) is 5. The molecule has 2 aliphatic rings. The number of fused-ring (bicyclic) bond motifs is 1. The van der Waals surface area contributed by atoms with Gasteiger partial charge in [0, 0.05) is 18.2 Å². The number of nitro benzene ring substituents is 1. The summed E-state index contributed by atoms with van der Waals surface area (Å²) in [6, 6.07) is 5.53. The monoisotopic (exact) mass is 339 g/mol. The number of hydrogen-bond donors (Lipinski definition) is 2. The molecule has 1 aromatic carbocycles. The zero-order chi connectivity index (χ0) is 16.8. The van der Waals surface area contributed by atoms with Gasteiger partial charge in [-0.1, -0.05) is 26.0 Å². The maximum Gasteiger partial charge on any atom is 0.289 e. The zero-order valence-electron chi connectivity index (χ0n) is 13.2. The summed E-state index contributed by atoms with van der Waals surface area (Å²) in [5.41, 5.74) is -0.614. The van der Waals surface area contributed by atoms with E-state index in [1.54, 1.807) is 0 Å². The Bertz CT molecular complexity index is 732. The van der Waals surface area contributed by atoms with Gasteiger partial charge in [-0.3, -0.25) is 10.1 Å². The molecule has 0 bridgehead atoms. The van der Waals surface area contributed by atoms with Gasteiger partial charge in [-0.05, 0) is 36.8 Å². The van der Waals surface area contributed by atoms with E-state index in [9.17, 15) is 18.5 Å². The van der Waals surface area contributed by atoms with E-state index in [0.717, 1.165) is 19.4 Å². The quantitative estimate of drug-likeness (QED) is 0.641. The van der Waals surface area contributed by atoms with E-state index in [-0.39, 0.29) is 28.3 Å². The number of rotatable bonds is 4. The highest BCUT2D eigenvalue weighted by Gasteiger charge is 2.57. The van der Waals surface area contributed by atoms with Crippen molar-refractivity contribution in [3.05, 3.63) is 34.4 Å². The Kier molecular flexibility index (Phi) is 3.94. The van der Waals surface area contributed by atoms with E-state index in [1.807, 2.05) is 13.8 Å². The van der Waals surface area contributed by atoms with Crippen molar-refractivity contribution in [2.24, 2.45) is 11.3 Å². The van der Waals surface area contributed by atoms with Gasteiger partial charge in [-0.25, -0.2) is 13.1 Å². The van der Waals surface area contributed by atoms with Crippen LogP contribution in [0, 0.1) is 21.4 Å². The van der Waals surface area contributed by atoms with Crippen LogP contribution in [0.15, 0.2) is 29.2 Å². The molecule has 3 unspecified atom stereocenters. The third-order valence-corrected chi connectivity index (χ3v) is 6.66. The molecule has 1 aliphatic heterocycles. The SMILES string of the molecule is CC1(C)C2NCCCC2C1NS(=O)(=O)c1ccccc1[N+](=O)[O-]. The fraction of sp³-hybridized carbons (Fsp3) is 0.600. The largest absolute Gasteiger partial charge is 0.313 e. The van der Waals surface area contributed by atoms with Crippen molar-refractivity contribution < 1.29 is 13.3 Å². The van der Waals surface area contributed by atoms with Crippen molar-refractivity contribution in [3.8, 4) is 0 Å². The normalized spacial score (nSPS) is 29.4. The van der Waals surface area contributed by atoms with Gasteiger partial charge in [0.1, 0.15) is 0 Å². The molecular formula is C15H21N3O4S. The molecule has 0 radical (unpaired) electrons. The predicted molar refractivity (Wildman–Crippen MR) is 85.5 cm³/mol. The molecule has 23 heavy (non-hydrogen) atoms. The van der Waals surface area contributed by atoms with E-state index in [1.165, 1.54) is 24.3 Å². The zero-order valence-corrected chi connectivity index (χ0v) is 14.0. The molecule has 1 saturated heterocycles. The van der Waals surface area contributed by atoms with Gasteiger partial charge in [-0.2, -0.15) is 0 Å². The summed E-state index contributed by atoms with van der Waals surface area (Å²) in [6.07, 6.45) is 1.98. The molecule has 2 fully saturated rings. The second kappa shape index (κ2) is 5.54. The number of nitrogens with one attached hydrogen (secondary N) is 2. The number of nitrogens with zero attached hydrogens (tertiary/aromatic N) is 1. The van der Waals surface area contributed by atoms with Crippen molar-refractivity contribution in [3.63, 3.8) is 0 Å². The average molecular weight is 339 g/mol. The molecule has 7 nitrogen and oxygen atoms in total. The molecule has 8 heteroatoms. The van der Waals surface area contributed by atoms with E-state index < -0.39 is 20.6 Å². The van der Waals surface area contributed by atoms with E-state index in [2.05, 4.69) is 10.0 Å². The van der Waals surface area contributed by atoms with Crippen LogP contribution in [0.5, 0.6) is 0 Å². The van der Waals surface area contributed by atoms with Gasteiger partial charge >= 0.3 is 0 Å². The van der Waals surface area contributed by atoms with E-state index >= 15 is 0 Å². The molecule has 2 N–H and O–H groups in total. The third kappa shape index (κ3) is 2.64. The summed E-state index contributed by atoms with van der Waals surface area (Å²) in [5.74, 6) is 0.233. The fourth-order valence-electron chi connectivity index (χ4n) is 4.02. The van der Waals surface area contributed by atoms with Crippen molar-refractivity contribution in [2.45, 2.75) is 43.7 Å². The van der Waals surface area contributed by atoms with Crippen LogP contribution in [0.3, 0.4) is 0 Å². The van der Waals surface area contributed by atoms with E-state index in [4.69, 9.17) is 0 Å². The summed E-state index contributed by atoms with van der Waals surface area (Å²) in [6.45, 7) is 5.01. The highest BCUT2D eigenvalue weighted by molar-refractivity contribution is 7.89. The van der Waals surface area contributed by atoms with Gasteiger partial charge < -0.3 is 5.32 Å². The summed E-state index contributed by atoms with van der Waals surface area (Å²) >= 11 is 0. The number of sulfonamides is 1. The lowest BCUT2D eigenvalue weighted by atomic mass is 9.54. The first kappa shape index (κ1) is 16.4. The Morgan fingerprint density at radius 1 is 1.35 bits per heavy atom. The summed E-state index contributed by atoms with van der Waals surface area (Å²) in [5, 5.41) is 14.5. The molecular weight excluding hydrogens is 318 g/mol. The van der Waals surface area contributed by atoms with Crippen molar-refractivity contribution in [1.29, 1.82) is 0 Å². The maximum absolute atomic E-state index is 12.7. The Hall–Kier alpha value is -1.51. The number of piperidine rings is 1.